The molecule has 0 aromatic heterocycles. The molecule has 3 aromatic rings. The van der Waals surface area contributed by atoms with Gasteiger partial charge in [-0.2, -0.15) is 0 Å². The zero-order chi connectivity index (χ0) is 37.3. The van der Waals surface area contributed by atoms with Crippen LogP contribution in [0.2, 0.25) is 38.3 Å². The van der Waals surface area contributed by atoms with Crippen molar-refractivity contribution in [2.45, 2.75) is 152 Å². The van der Waals surface area contributed by atoms with Gasteiger partial charge < -0.3 is 23.4 Å². The van der Waals surface area contributed by atoms with Crippen molar-refractivity contribution in [1.29, 1.82) is 0 Å². The quantitative estimate of drug-likeness (QED) is 0.123. The number of rotatable bonds is 15. The molecule has 1 fully saturated rings. The van der Waals surface area contributed by atoms with E-state index in [-0.39, 0.29) is 10.3 Å². The molecule has 0 amide bonds. The zero-order valence-corrected chi connectivity index (χ0v) is 36.5. The summed E-state index contributed by atoms with van der Waals surface area (Å²) in [7, 11) is -3.27. The third-order valence-corrected chi connectivity index (χ3v) is 21.5. The Morgan fingerprint density at radius 2 is 1.46 bits per heavy atom. The van der Waals surface area contributed by atoms with Crippen molar-refractivity contribution in [3.05, 3.63) is 47.5 Å². The predicted octanol–water partition coefficient (Wildman–Crippen LogP) is 13.1. The van der Waals surface area contributed by atoms with Crippen molar-refractivity contribution in [3.8, 4) is 28.4 Å². The summed E-state index contributed by atoms with van der Waals surface area (Å²) in [4.78, 5) is 0.814. The van der Waals surface area contributed by atoms with E-state index in [9.17, 15) is 5.11 Å². The van der Waals surface area contributed by atoms with Crippen LogP contribution in [-0.4, -0.2) is 46.5 Å². The van der Waals surface area contributed by atoms with E-state index in [1.165, 1.54) is 73.2 Å². The fraction of sp³-hybridized carbons (Fsp3) is 0.636. The number of benzene rings is 3. The van der Waals surface area contributed by atoms with Gasteiger partial charge in [-0.05, 0) is 116 Å². The lowest BCUT2D eigenvalue weighted by atomic mass is 9.69. The molecule has 2 aliphatic carbocycles. The summed E-state index contributed by atoms with van der Waals surface area (Å²) in [5.41, 5.74) is 5.07. The third kappa shape index (κ3) is 8.03. The number of hydrogen-bond acceptors (Lipinski definition) is 6. The Morgan fingerprint density at radius 1 is 0.788 bits per heavy atom. The van der Waals surface area contributed by atoms with E-state index in [1.54, 1.807) is 0 Å². The van der Waals surface area contributed by atoms with Crippen molar-refractivity contribution >= 4 is 39.2 Å². The van der Waals surface area contributed by atoms with E-state index >= 15 is 0 Å². The van der Waals surface area contributed by atoms with Crippen LogP contribution in [0.15, 0.2) is 41.3 Å². The molecule has 1 N–H and O–H groups in total. The van der Waals surface area contributed by atoms with Crippen molar-refractivity contribution in [2.75, 3.05) is 19.8 Å². The molecule has 5 nitrogen and oxygen atoms in total. The molecule has 1 saturated carbocycles. The number of aromatic hydroxyl groups is 1. The summed E-state index contributed by atoms with van der Waals surface area (Å²) in [5.74, 6) is 2.93. The molecule has 3 aromatic carbocycles. The number of hydrogen-bond donors (Lipinski definition) is 1. The molecular formula is C44H66O5SSi2. The molecule has 0 unspecified atom stereocenters. The number of thioether (sulfide) groups is 1. The second-order valence-electron chi connectivity index (χ2n) is 17.7. The Morgan fingerprint density at radius 3 is 2.13 bits per heavy atom. The van der Waals surface area contributed by atoms with E-state index in [4.69, 9.17) is 18.3 Å². The van der Waals surface area contributed by atoms with Gasteiger partial charge >= 0.3 is 0 Å². The summed E-state index contributed by atoms with van der Waals surface area (Å²) in [5, 5.41) is 13.7. The van der Waals surface area contributed by atoms with Gasteiger partial charge in [0.25, 0.3) is 0 Å². The molecule has 0 saturated heterocycles. The smallest absolute Gasteiger partial charge is 0.173 e. The lowest BCUT2D eigenvalue weighted by Gasteiger charge is -2.35. The van der Waals surface area contributed by atoms with Crippen LogP contribution < -0.4 is 9.47 Å². The van der Waals surface area contributed by atoms with Gasteiger partial charge in [-0.25, -0.2) is 0 Å². The average Bonchev–Trinajstić information content (AvgIpc) is 3.58. The highest BCUT2D eigenvalue weighted by molar-refractivity contribution is 8.01. The number of unbranched alkanes of at least 4 members (excludes halogenated alkanes) is 1. The van der Waals surface area contributed by atoms with Crippen molar-refractivity contribution in [1.82, 2.24) is 0 Å². The monoisotopic (exact) mass is 762 g/mol. The fourth-order valence-electron chi connectivity index (χ4n) is 9.53. The van der Waals surface area contributed by atoms with Crippen LogP contribution >= 0.6 is 11.8 Å². The van der Waals surface area contributed by atoms with Crippen LogP contribution in [0.25, 0.3) is 21.9 Å². The molecule has 0 atom stereocenters. The minimum Gasteiger partial charge on any atom is -0.507 e. The number of phenols is 1. The maximum Gasteiger partial charge on any atom is 0.173 e. The van der Waals surface area contributed by atoms with E-state index in [0.717, 1.165) is 59.1 Å². The number of ether oxygens (including phenoxy) is 3. The Bertz CT molecular complexity index is 1700. The lowest BCUT2D eigenvalue weighted by Crippen LogP contribution is -2.44. The van der Waals surface area contributed by atoms with Gasteiger partial charge in [-0.1, -0.05) is 97.4 Å². The normalized spacial score (nSPS) is 18.0. The van der Waals surface area contributed by atoms with Gasteiger partial charge in [0.15, 0.2) is 21.6 Å². The minimum atomic E-state index is -1.69. The van der Waals surface area contributed by atoms with Gasteiger partial charge in [0.05, 0.1) is 11.5 Å². The summed E-state index contributed by atoms with van der Waals surface area (Å²) in [6, 6.07) is 15.7. The number of fused-ring (bicyclic) bond motifs is 8. The van der Waals surface area contributed by atoms with Crippen LogP contribution in [0.1, 0.15) is 110 Å². The highest BCUT2D eigenvalue weighted by Crippen LogP contribution is 2.61. The largest absolute Gasteiger partial charge is 0.507 e. The van der Waals surface area contributed by atoms with Gasteiger partial charge in [-0.3, -0.25) is 0 Å². The molecule has 286 valence electrons. The van der Waals surface area contributed by atoms with Crippen LogP contribution in [0.3, 0.4) is 0 Å². The topological polar surface area (TPSA) is 57.2 Å². The highest BCUT2D eigenvalue weighted by Gasteiger charge is 2.48. The van der Waals surface area contributed by atoms with Gasteiger partial charge in [0.2, 0.25) is 0 Å². The zero-order valence-electron chi connectivity index (χ0n) is 33.7. The standard InChI is InChI=1S/C44H66O5SSi2/c1-10-11-25-51(6,7)49-52(8,9)26-17-22-46-23-24-47-33-18-19-34-37(27-33)43(20-15-13-12-14-16-21-43)38-30-39(45)35-29-41-40(28-36(35)42(34)38)48-44(50-41,31(2)3)32(4)5/h18-19,27-32,45H,10-17,20-26H2,1-9H3. The summed E-state index contributed by atoms with van der Waals surface area (Å²) in [6.45, 7) is 22.7. The van der Waals surface area contributed by atoms with Crippen molar-refractivity contribution < 1.29 is 23.4 Å². The van der Waals surface area contributed by atoms with Gasteiger partial charge in [0.1, 0.15) is 23.9 Å². The molecule has 1 spiro atoms. The second kappa shape index (κ2) is 16.0. The molecule has 0 bridgehead atoms. The van der Waals surface area contributed by atoms with E-state index in [0.29, 0.717) is 30.8 Å². The molecule has 1 heterocycles. The maximum atomic E-state index is 11.7. The first kappa shape index (κ1) is 39.7. The predicted molar refractivity (Wildman–Crippen MR) is 225 cm³/mol. The maximum absolute atomic E-state index is 11.7. The summed E-state index contributed by atoms with van der Waals surface area (Å²) in [6.07, 6.45) is 11.9. The van der Waals surface area contributed by atoms with Gasteiger partial charge in [-0.15, -0.1) is 0 Å². The van der Waals surface area contributed by atoms with E-state index in [1.807, 2.05) is 11.8 Å². The van der Waals surface area contributed by atoms with Crippen molar-refractivity contribution in [2.24, 2.45) is 11.8 Å². The molecule has 1 aliphatic heterocycles. The highest BCUT2D eigenvalue weighted by atomic mass is 32.2. The van der Waals surface area contributed by atoms with Crippen LogP contribution in [0.4, 0.5) is 0 Å². The fourth-order valence-corrected chi connectivity index (χ4v) is 19.9. The minimum absolute atomic E-state index is 0.131. The van der Waals surface area contributed by atoms with E-state index in [2.05, 4.69) is 97.2 Å². The molecule has 3 aliphatic rings. The van der Waals surface area contributed by atoms with Crippen LogP contribution in [0.5, 0.6) is 17.2 Å². The average molecular weight is 763 g/mol. The Hall–Kier alpha value is -1.98. The molecule has 52 heavy (non-hydrogen) atoms. The Labute approximate surface area is 321 Å². The van der Waals surface area contributed by atoms with E-state index < -0.39 is 16.6 Å². The molecular weight excluding hydrogens is 697 g/mol. The van der Waals surface area contributed by atoms with Crippen LogP contribution in [-0.2, 0) is 14.3 Å². The SMILES string of the molecule is CCCC[Si](C)(C)O[Si](C)(C)CCCOCCOc1ccc2c(c1)C1(CCCCCCC1)c1cc(O)c3cc4c(cc3c1-2)OC(C(C)C)(C(C)C)S4. The van der Waals surface area contributed by atoms with Crippen LogP contribution in [0, 0.1) is 11.8 Å². The first-order chi connectivity index (χ1) is 24.7. The third-order valence-electron chi connectivity index (χ3n) is 12.1. The lowest BCUT2D eigenvalue weighted by molar-refractivity contribution is 0.0757. The molecule has 6 rings (SSSR count). The summed E-state index contributed by atoms with van der Waals surface area (Å²) >= 11 is 1.83. The summed E-state index contributed by atoms with van der Waals surface area (Å²) < 4.78 is 26.2. The Balaban J connectivity index is 1.20. The van der Waals surface area contributed by atoms with Gasteiger partial charge in [0, 0.05) is 29.2 Å². The first-order valence-corrected chi connectivity index (χ1v) is 27.5. The second-order valence-corrected chi connectivity index (χ2v) is 27.9. The first-order valence-electron chi connectivity index (χ1n) is 20.5. The Kier molecular flexibility index (Phi) is 12.2. The number of phenolic OH excluding ortho intramolecular Hbond substituents is 1. The molecule has 8 heteroatoms. The molecule has 0 radical (unpaired) electrons. The van der Waals surface area contributed by atoms with Crippen molar-refractivity contribution in [3.63, 3.8) is 0 Å².